The summed E-state index contributed by atoms with van der Waals surface area (Å²) >= 11 is 1.85. The van der Waals surface area contributed by atoms with Crippen molar-refractivity contribution in [2.75, 3.05) is 45.2 Å². The summed E-state index contributed by atoms with van der Waals surface area (Å²) < 4.78 is 11.1. The number of thioether (sulfide) groups is 1. The molecule has 0 spiro atoms. The first-order valence-electron chi connectivity index (χ1n) is 8.78. The van der Waals surface area contributed by atoms with Crippen LogP contribution in [-0.4, -0.2) is 57.3 Å². The van der Waals surface area contributed by atoms with E-state index >= 15 is 0 Å². The van der Waals surface area contributed by atoms with E-state index in [0.29, 0.717) is 0 Å². The van der Waals surface area contributed by atoms with Gasteiger partial charge in [-0.25, -0.2) is 0 Å². The molecule has 1 heterocycles. The van der Waals surface area contributed by atoms with Gasteiger partial charge in [-0.05, 0) is 31.9 Å². The summed E-state index contributed by atoms with van der Waals surface area (Å²) in [6.45, 7) is 6.94. The topological polar surface area (TPSA) is 54.9 Å². The minimum absolute atomic E-state index is 0. The highest BCUT2D eigenvalue weighted by molar-refractivity contribution is 14.0. The van der Waals surface area contributed by atoms with Gasteiger partial charge in [0.25, 0.3) is 0 Å². The molecule has 1 aromatic carbocycles. The Morgan fingerprint density at radius 2 is 2.16 bits per heavy atom. The van der Waals surface area contributed by atoms with Crippen molar-refractivity contribution in [2.24, 2.45) is 4.99 Å². The lowest BCUT2D eigenvalue weighted by atomic mass is 10.3. The average molecular weight is 479 g/mol. The van der Waals surface area contributed by atoms with E-state index in [2.05, 4.69) is 46.8 Å². The molecule has 0 saturated carbocycles. The predicted molar refractivity (Wildman–Crippen MR) is 116 cm³/mol. The minimum Gasteiger partial charge on any atom is -0.379 e. The van der Waals surface area contributed by atoms with E-state index in [0.717, 1.165) is 64.0 Å². The van der Waals surface area contributed by atoms with Crippen molar-refractivity contribution in [3.63, 3.8) is 0 Å². The maximum absolute atomic E-state index is 5.75. The molecule has 2 N–H and O–H groups in total. The maximum Gasteiger partial charge on any atom is 0.191 e. The van der Waals surface area contributed by atoms with E-state index in [-0.39, 0.29) is 30.1 Å². The van der Waals surface area contributed by atoms with Crippen molar-refractivity contribution in [1.82, 2.24) is 10.6 Å². The summed E-state index contributed by atoms with van der Waals surface area (Å²) in [5.41, 5.74) is 0. The van der Waals surface area contributed by atoms with Crippen LogP contribution in [0.4, 0.5) is 0 Å². The lowest BCUT2D eigenvalue weighted by Crippen LogP contribution is -2.38. The second kappa shape index (κ2) is 14.6. The van der Waals surface area contributed by atoms with Crippen molar-refractivity contribution in [3.8, 4) is 0 Å². The Labute approximate surface area is 172 Å². The van der Waals surface area contributed by atoms with Crippen molar-refractivity contribution < 1.29 is 9.47 Å². The normalized spacial score (nSPS) is 17.2. The third-order valence-corrected chi connectivity index (χ3v) is 4.58. The van der Waals surface area contributed by atoms with Gasteiger partial charge in [0.05, 0.1) is 12.7 Å². The first kappa shape index (κ1) is 22.5. The van der Waals surface area contributed by atoms with Gasteiger partial charge in [0.1, 0.15) is 0 Å². The Kier molecular flexibility index (Phi) is 13.2. The van der Waals surface area contributed by atoms with E-state index in [9.17, 15) is 0 Å². The molecule has 1 unspecified atom stereocenters. The Hall–Kier alpha value is -0.510. The van der Waals surface area contributed by atoms with Crippen LogP contribution in [0.3, 0.4) is 0 Å². The minimum atomic E-state index is 0. The zero-order valence-electron chi connectivity index (χ0n) is 14.9. The number of nitrogens with one attached hydrogen (secondary N) is 2. The van der Waals surface area contributed by atoms with Crippen LogP contribution in [0.5, 0.6) is 0 Å². The fourth-order valence-corrected chi connectivity index (χ4v) is 3.14. The third kappa shape index (κ3) is 10.3. The number of nitrogens with zero attached hydrogens (tertiary/aromatic N) is 1. The van der Waals surface area contributed by atoms with Crippen molar-refractivity contribution >= 4 is 41.7 Å². The summed E-state index contributed by atoms with van der Waals surface area (Å²) in [6, 6.07) is 10.5. The summed E-state index contributed by atoms with van der Waals surface area (Å²) in [7, 11) is 0. The number of benzene rings is 1. The highest BCUT2D eigenvalue weighted by Crippen LogP contribution is 2.15. The molecule has 25 heavy (non-hydrogen) atoms. The molecule has 0 radical (unpaired) electrons. The largest absolute Gasteiger partial charge is 0.379 e. The zero-order valence-corrected chi connectivity index (χ0v) is 18.1. The van der Waals surface area contributed by atoms with Gasteiger partial charge >= 0.3 is 0 Å². The van der Waals surface area contributed by atoms with Gasteiger partial charge in [-0.15, -0.1) is 35.7 Å². The van der Waals surface area contributed by atoms with Gasteiger partial charge < -0.3 is 20.1 Å². The molecule has 1 saturated heterocycles. The molecule has 1 fully saturated rings. The molecule has 1 aliphatic heterocycles. The molecule has 5 nitrogen and oxygen atoms in total. The highest BCUT2D eigenvalue weighted by Gasteiger charge is 2.15. The van der Waals surface area contributed by atoms with Crippen LogP contribution >= 0.6 is 35.7 Å². The standard InChI is InChI=1S/C18H29N3O2S.HI/c1-2-19-18(20-10-6-12-23-16-9-13-22-15-16)21-11-14-24-17-7-4-3-5-8-17;/h3-5,7-8,16H,2,6,9-15H2,1H3,(H2,19,20,21);1H. The maximum atomic E-state index is 5.75. The van der Waals surface area contributed by atoms with Crippen LogP contribution in [-0.2, 0) is 9.47 Å². The SMILES string of the molecule is CCNC(=NCCCOC1CCOC1)NCCSc1ccccc1.I. The lowest BCUT2D eigenvalue weighted by molar-refractivity contribution is 0.0424. The summed E-state index contributed by atoms with van der Waals surface area (Å²) in [6.07, 6.45) is 2.24. The van der Waals surface area contributed by atoms with Crippen LogP contribution in [0.1, 0.15) is 19.8 Å². The Morgan fingerprint density at radius 1 is 1.32 bits per heavy atom. The van der Waals surface area contributed by atoms with E-state index < -0.39 is 0 Å². The molecule has 1 aromatic rings. The van der Waals surface area contributed by atoms with Crippen LogP contribution in [0.15, 0.2) is 40.2 Å². The van der Waals surface area contributed by atoms with Crippen LogP contribution in [0.2, 0.25) is 0 Å². The van der Waals surface area contributed by atoms with Crippen LogP contribution in [0.25, 0.3) is 0 Å². The molecule has 1 aliphatic rings. The number of halogens is 1. The Balaban J connectivity index is 0.00000312. The van der Waals surface area contributed by atoms with Gasteiger partial charge in [0.15, 0.2) is 5.96 Å². The molecule has 0 aromatic heterocycles. The van der Waals surface area contributed by atoms with Crippen LogP contribution < -0.4 is 10.6 Å². The molecule has 0 amide bonds. The molecule has 1 atom stereocenters. The summed E-state index contributed by atoms with van der Waals surface area (Å²) in [4.78, 5) is 5.90. The van der Waals surface area contributed by atoms with E-state index in [1.54, 1.807) is 0 Å². The summed E-state index contributed by atoms with van der Waals surface area (Å²) in [5, 5.41) is 6.66. The predicted octanol–water partition coefficient (Wildman–Crippen LogP) is 3.15. The smallest absolute Gasteiger partial charge is 0.191 e. The van der Waals surface area contributed by atoms with Gasteiger partial charge in [-0.1, -0.05) is 18.2 Å². The molecule has 2 rings (SSSR count). The van der Waals surface area contributed by atoms with Gasteiger partial charge in [0.2, 0.25) is 0 Å². The van der Waals surface area contributed by atoms with E-state index in [1.807, 2.05) is 17.8 Å². The molecule has 7 heteroatoms. The molecule has 142 valence electrons. The number of rotatable bonds is 10. The summed E-state index contributed by atoms with van der Waals surface area (Å²) in [5.74, 6) is 1.90. The zero-order chi connectivity index (χ0) is 16.9. The molecule has 0 bridgehead atoms. The molecule has 0 aliphatic carbocycles. The fourth-order valence-electron chi connectivity index (χ4n) is 2.35. The monoisotopic (exact) mass is 479 g/mol. The number of guanidine groups is 1. The quantitative estimate of drug-likeness (QED) is 0.178. The molecular formula is C18H30IN3O2S. The Bertz CT molecular complexity index is 471. The first-order chi connectivity index (χ1) is 11.9. The number of ether oxygens (including phenoxy) is 2. The highest BCUT2D eigenvalue weighted by atomic mass is 127. The first-order valence-corrected chi connectivity index (χ1v) is 9.76. The third-order valence-electron chi connectivity index (χ3n) is 3.56. The second-order valence-electron chi connectivity index (χ2n) is 5.56. The molecular weight excluding hydrogens is 449 g/mol. The van der Waals surface area contributed by atoms with Crippen molar-refractivity contribution in [3.05, 3.63) is 30.3 Å². The van der Waals surface area contributed by atoms with E-state index in [4.69, 9.17) is 9.47 Å². The number of aliphatic imine (C=N–C) groups is 1. The number of hydrogen-bond acceptors (Lipinski definition) is 4. The fraction of sp³-hybridized carbons (Fsp3) is 0.611. The van der Waals surface area contributed by atoms with Crippen LogP contribution in [0, 0.1) is 0 Å². The lowest BCUT2D eigenvalue weighted by Gasteiger charge is -2.12. The van der Waals surface area contributed by atoms with Gasteiger partial charge in [0, 0.05) is 43.5 Å². The Morgan fingerprint density at radius 3 is 2.88 bits per heavy atom. The van der Waals surface area contributed by atoms with Gasteiger partial charge in [-0.2, -0.15) is 0 Å². The number of hydrogen-bond donors (Lipinski definition) is 2. The van der Waals surface area contributed by atoms with Crippen molar-refractivity contribution in [1.29, 1.82) is 0 Å². The second-order valence-corrected chi connectivity index (χ2v) is 6.73. The van der Waals surface area contributed by atoms with Crippen molar-refractivity contribution in [2.45, 2.75) is 30.8 Å². The average Bonchev–Trinajstić information content (AvgIpc) is 3.12. The van der Waals surface area contributed by atoms with E-state index in [1.165, 1.54) is 4.90 Å². The van der Waals surface area contributed by atoms with Gasteiger partial charge in [-0.3, -0.25) is 4.99 Å².